The van der Waals surface area contributed by atoms with Gasteiger partial charge < -0.3 is 9.64 Å². The van der Waals surface area contributed by atoms with Gasteiger partial charge in [0.15, 0.2) is 0 Å². The molecule has 2 heterocycles. The fourth-order valence-corrected chi connectivity index (χ4v) is 2.45. The van der Waals surface area contributed by atoms with Crippen LogP contribution in [0.4, 0.5) is 5.95 Å². The number of anilines is 1. The first-order chi connectivity index (χ1) is 9.08. The molecule has 0 aliphatic carbocycles. The molecule has 0 amide bonds. The zero-order valence-electron chi connectivity index (χ0n) is 11.8. The highest BCUT2D eigenvalue weighted by Crippen LogP contribution is 2.24. The number of aromatic nitrogens is 3. The zero-order chi connectivity index (χ0) is 13.8. The zero-order valence-corrected chi connectivity index (χ0v) is 12.5. The second-order valence-corrected chi connectivity index (χ2v) is 5.55. The van der Waals surface area contributed by atoms with E-state index in [1.165, 1.54) is 19.3 Å². The molecule has 1 saturated heterocycles. The second kappa shape index (κ2) is 6.37. The molecule has 1 atom stereocenters. The maximum absolute atomic E-state index is 5.95. The van der Waals surface area contributed by atoms with Crippen LogP contribution in [0, 0.1) is 5.92 Å². The van der Waals surface area contributed by atoms with Gasteiger partial charge in [-0.2, -0.15) is 15.0 Å². The maximum atomic E-state index is 5.95. The van der Waals surface area contributed by atoms with E-state index in [2.05, 4.69) is 26.8 Å². The Balaban J connectivity index is 2.16. The summed E-state index contributed by atoms with van der Waals surface area (Å²) < 4.78 is 5.51. The third-order valence-electron chi connectivity index (χ3n) is 3.30. The summed E-state index contributed by atoms with van der Waals surface area (Å²) in [5, 5.41) is 0.194. The number of ether oxygens (including phenoxy) is 1. The molecule has 5 nitrogen and oxygen atoms in total. The molecule has 6 heteroatoms. The molecule has 0 bridgehead atoms. The normalized spacial score (nSPS) is 19.8. The summed E-state index contributed by atoms with van der Waals surface area (Å²) >= 11 is 5.95. The van der Waals surface area contributed by atoms with Crippen LogP contribution in [-0.4, -0.2) is 34.1 Å². The summed E-state index contributed by atoms with van der Waals surface area (Å²) in [6, 6.07) is 0.309. The molecule has 106 valence electrons. The van der Waals surface area contributed by atoms with Crippen LogP contribution >= 0.6 is 11.6 Å². The van der Waals surface area contributed by atoms with Crippen LogP contribution < -0.4 is 9.64 Å². The van der Waals surface area contributed by atoms with Crippen molar-refractivity contribution in [2.45, 2.75) is 46.1 Å². The van der Waals surface area contributed by atoms with Crippen molar-refractivity contribution in [1.82, 2.24) is 15.0 Å². The number of halogens is 1. The Hall–Kier alpha value is -1.10. The smallest absolute Gasteiger partial charge is 0.322 e. The van der Waals surface area contributed by atoms with E-state index in [1.54, 1.807) is 0 Å². The molecule has 0 radical (unpaired) electrons. The Morgan fingerprint density at radius 2 is 2.16 bits per heavy atom. The fourth-order valence-electron chi connectivity index (χ4n) is 2.31. The van der Waals surface area contributed by atoms with Crippen molar-refractivity contribution in [3.8, 4) is 6.01 Å². The first-order valence-electron chi connectivity index (χ1n) is 6.91. The minimum atomic E-state index is 0.0241. The summed E-state index contributed by atoms with van der Waals surface area (Å²) in [5.41, 5.74) is 0. The highest BCUT2D eigenvalue weighted by molar-refractivity contribution is 6.28. The van der Waals surface area contributed by atoms with Gasteiger partial charge in [0, 0.05) is 13.1 Å². The number of rotatable bonds is 4. The van der Waals surface area contributed by atoms with Crippen molar-refractivity contribution >= 4 is 17.5 Å². The molecule has 0 aromatic carbocycles. The van der Waals surface area contributed by atoms with E-state index in [0.717, 1.165) is 13.1 Å². The molecule has 1 aromatic rings. The second-order valence-electron chi connectivity index (χ2n) is 5.22. The van der Waals surface area contributed by atoms with Crippen LogP contribution in [0.3, 0.4) is 0 Å². The lowest BCUT2D eigenvalue weighted by Crippen LogP contribution is -2.36. The van der Waals surface area contributed by atoms with Gasteiger partial charge in [0.2, 0.25) is 11.2 Å². The topological polar surface area (TPSA) is 51.1 Å². The van der Waals surface area contributed by atoms with Crippen molar-refractivity contribution in [2.75, 3.05) is 18.0 Å². The summed E-state index contributed by atoms with van der Waals surface area (Å²) in [6.07, 6.45) is 3.66. The highest BCUT2D eigenvalue weighted by atomic mass is 35.5. The average Bonchev–Trinajstić information content (AvgIpc) is 2.37. The monoisotopic (exact) mass is 284 g/mol. The lowest BCUT2D eigenvalue weighted by atomic mass is 9.96. The Labute approximate surface area is 119 Å². The Bertz CT molecular complexity index is 427. The van der Waals surface area contributed by atoms with Crippen molar-refractivity contribution < 1.29 is 4.74 Å². The fraction of sp³-hybridized carbons (Fsp3) is 0.769. The third kappa shape index (κ3) is 3.93. The Morgan fingerprint density at radius 1 is 1.37 bits per heavy atom. The molecule has 19 heavy (non-hydrogen) atoms. The van der Waals surface area contributed by atoms with Gasteiger partial charge in [0.25, 0.3) is 0 Å². The molecule has 1 fully saturated rings. The predicted octanol–water partition coefficient (Wildman–Crippen LogP) is 2.94. The van der Waals surface area contributed by atoms with Crippen LogP contribution in [0.5, 0.6) is 6.01 Å². The van der Waals surface area contributed by atoms with Crippen molar-refractivity contribution in [3.05, 3.63) is 5.28 Å². The van der Waals surface area contributed by atoms with Crippen LogP contribution in [0.25, 0.3) is 0 Å². The van der Waals surface area contributed by atoms with Crippen LogP contribution in [0.1, 0.15) is 40.0 Å². The van der Waals surface area contributed by atoms with Gasteiger partial charge in [-0.3, -0.25) is 0 Å². The molecule has 0 N–H and O–H groups in total. The number of nitrogens with zero attached hydrogens (tertiary/aromatic N) is 4. The van der Waals surface area contributed by atoms with Crippen LogP contribution in [-0.2, 0) is 0 Å². The molecule has 1 aliphatic heterocycles. The SMILES string of the molecule is CCC1CCCN(c2nc(Cl)nc(OC(C)C)n2)C1. The summed E-state index contributed by atoms with van der Waals surface area (Å²) in [4.78, 5) is 14.8. The number of hydrogen-bond donors (Lipinski definition) is 0. The van der Waals surface area contributed by atoms with Crippen LogP contribution in [0.15, 0.2) is 0 Å². The Kier molecular flexibility index (Phi) is 4.80. The first kappa shape index (κ1) is 14.3. The van der Waals surface area contributed by atoms with Gasteiger partial charge in [-0.15, -0.1) is 0 Å². The summed E-state index contributed by atoms with van der Waals surface area (Å²) in [6.45, 7) is 8.05. The molecular weight excluding hydrogens is 264 g/mol. The van der Waals surface area contributed by atoms with Crippen molar-refractivity contribution in [1.29, 1.82) is 0 Å². The lowest BCUT2D eigenvalue weighted by Gasteiger charge is -2.32. The summed E-state index contributed by atoms with van der Waals surface area (Å²) in [5.74, 6) is 1.34. The van der Waals surface area contributed by atoms with Gasteiger partial charge in [-0.05, 0) is 44.2 Å². The van der Waals surface area contributed by atoms with E-state index in [-0.39, 0.29) is 11.4 Å². The van der Waals surface area contributed by atoms with Crippen molar-refractivity contribution in [3.63, 3.8) is 0 Å². The van der Waals surface area contributed by atoms with E-state index in [4.69, 9.17) is 16.3 Å². The van der Waals surface area contributed by atoms with Gasteiger partial charge >= 0.3 is 6.01 Å². The minimum Gasteiger partial charge on any atom is -0.461 e. The number of hydrogen-bond acceptors (Lipinski definition) is 5. The van der Waals surface area contributed by atoms with E-state index >= 15 is 0 Å². The molecule has 2 rings (SSSR count). The average molecular weight is 285 g/mol. The number of piperidine rings is 1. The molecule has 1 aromatic heterocycles. The predicted molar refractivity (Wildman–Crippen MR) is 75.8 cm³/mol. The van der Waals surface area contributed by atoms with E-state index in [1.807, 2.05) is 13.8 Å². The van der Waals surface area contributed by atoms with Gasteiger partial charge in [0.1, 0.15) is 0 Å². The first-order valence-corrected chi connectivity index (χ1v) is 7.29. The van der Waals surface area contributed by atoms with Gasteiger partial charge in [-0.1, -0.05) is 13.3 Å². The molecular formula is C13H21ClN4O. The largest absolute Gasteiger partial charge is 0.461 e. The Morgan fingerprint density at radius 3 is 2.84 bits per heavy atom. The molecule has 1 aliphatic rings. The lowest BCUT2D eigenvalue weighted by molar-refractivity contribution is 0.221. The quantitative estimate of drug-likeness (QED) is 0.851. The van der Waals surface area contributed by atoms with Crippen LogP contribution in [0.2, 0.25) is 5.28 Å². The minimum absolute atomic E-state index is 0.0241. The molecule has 0 saturated carbocycles. The maximum Gasteiger partial charge on any atom is 0.322 e. The van der Waals surface area contributed by atoms with Crippen molar-refractivity contribution in [2.24, 2.45) is 5.92 Å². The van der Waals surface area contributed by atoms with Gasteiger partial charge in [-0.25, -0.2) is 0 Å². The standard InChI is InChI=1S/C13H21ClN4O/c1-4-10-6-5-7-18(8-10)12-15-11(14)16-13(17-12)19-9(2)3/h9-10H,4-8H2,1-3H3. The summed E-state index contributed by atoms with van der Waals surface area (Å²) in [7, 11) is 0. The highest BCUT2D eigenvalue weighted by Gasteiger charge is 2.22. The van der Waals surface area contributed by atoms with E-state index in [9.17, 15) is 0 Å². The molecule has 1 unspecified atom stereocenters. The van der Waals surface area contributed by atoms with E-state index in [0.29, 0.717) is 17.9 Å². The third-order valence-corrected chi connectivity index (χ3v) is 3.47. The van der Waals surface area contributed by atoms with Gasteiger partial charge in [0.05, 0.1) is 6.10 Å². The van der Waals surface area contributed by atoms with E-state index < -0.39 is 0 Å². The molecule has 0 spiro atoms.